The summed E-state index contributed by atoms with van der Waals surface area (Å²) >= 11 is 0. The number of piperazine rings is 1. The van der Waals surface area contributed by atoms with Crippen LogP contribution in [0.25, 0.3) is 0 Å². The Kier molecular flexibility index (Phi) is 4.66. The van der Waals surface area contributed by atoms with E-state index in [1.807, 2.05) is 11.0 Å². The monoisotopic (exact) mass is 276 g/mol. The quantitative estimate of drug-likeness (QED) is 0.828. The zero-order chi connectivity index (χ0) is 14.5. The largest absolute Gasteiger partial charge is 0.358 e. The second-order valence-electron chi connectivity index (χ2n) is 4.72. The summed E-state index contributed by atoms with van der Waals surface area (Å²) < 4.78 is 13.8. The summed E-state index contributed by atoms with van der Waals surface area (Å²) in [5, 5.41) is 14.7. The number of hydrogen-bond acceptors (Lipinski definition) is 4. The normalized spacial score (nSPS) is 19.4. The summed E-state index contributed by atoms with van der Waals surface area (Å²) in [6.45, 7) is 2.28. The molecular weight excluding hydrogens is 259 g/mol. The zero-order valence-electron chi connectivity index (χ0n) is 11.3. The van der Waals surface area contributed by atoms with Gasteiger partial charge >= 0.3 is 0 Å². The molecule has 1 aromatic rings. The van der Waals surface area contributed by atoms with E-state index in [9.17, 15) is 9.18 Å². The molecule has 0 radical (unpaired) electrons. The maximum atomic E-state index is 13.8. The van der Waals surface area contributed by atoms with Crippen LogP contribution in [0.2, 0.25) is 0 Å². The molecule has 1 atom stereocenters. The number of amides is 1. The van der Waals surface area contributed by atoms with Crippen molar-refractivity contribution in [3.8, 4) is 6.07 Å². The number of carbonyl (C=O) groups is 1. The third kappa shape index (κ3) is 3.13. The van der Waals surface area contributed by atoms with Gasteiger partial charge in [0, 0.05) is 38.8 Å². The van der Waals surface area contributed by atoms with Crippen LogP contribution in [0.1, 0.15) is 11.1 Å². The minimum absolute atomic E-state index is 0.0888. The number of rotatable bonds is 3. The van der Waals surface area contributed by atoms with Gasteiger partial charge in [0.05, 0.1) is 11.6 Å². The molecule has 0 spiro atoms. The Morgan fingerprint density at radius 3 is 3.15 bits per heavy atom. The van der Waals surface area contributed by atoms with Gasteiger partial charge in [0.25, 0.3) is 0 Å². The Morgan fingerprint density at radius 1 is 1.65 bits per heavy atom. The van der Waals surface area contributed by atoms with Gasteiger partial charge in [0.2, 0.25) is 5.91 Å². The Bertz CT molecular complexity index is 540. The molecule has 0 aliphatic carbocycles. The number of halogens is 1. The smallest absolute Gasteiger partial charge is 0.238 e. The molecule has 1 aliphatic rings. The predicted octanol–water partition coefficient (Wildman–Crippen LogP) is 0.217. The fourth-order valence-electron chi connectivity index (χ4n) is 2.35. The highest BCUT2D eigenvalue weighted by atomic mass is 19.1. The van der Waals surface area contributed by atoms with Gasteiger partial charge in [-0.3, -0.25) is 9.69 Å². The minimum atomic E-state index is -0.349. The summed E-state index contributed by atoms with van der Waals surface area (Å²) in [6.07, 6.45) is 0. The van der Waals surface area contributed by atoms with Crippen molar-refractivity contribution in [2.75, 3.05) is 26.7 Å². The lowest BCUT2D eigenvalue weighted by Crippen LogP contribution is -2.56. The first-order valence-electron chi connectivity index (χ1n) is 6.50. The summed E-state index contributed by atoms with van der Waals surface area (Å²) in [5.41, 5.74) is 0.868. The molecule has 5 nitrogen and oxygen atoms in total. The maximum absolute atomic E-state index is 13.8. The van der Waals surface area contributed by atoms with Gasteiger partial charge in [-0.2, -0.15) is 5.26 Å². The lowest BCUT2D eigenvalue weighted by molar-refractivity contribution is -0.126. The van der Waals surface area contributed by atoms with Crippen LogP contribution in [0.4, 0.5) is 4.39 Å². The first kappa shape index (κ1) is 14.4. The van der Waals surface area contributed by atoms with Crippen molar-refractivity contribution < 1.29 is 9.18 Å². The van der Waals surface area contributed by atoms with E-state index in [2.05, 4.69) is 10.6 Å². The van der Waals surface area contributed by atoms with Crippen LogP contribution in [0.3, 0.4) is 0 Å². The Balaban J connectivity index is 2.18. The lowest BCUT2D eigenvalue weighted by atomic mass is 10.1. The van der Waals surface area contributed by atoms with Crippen LogP contribution in [0.5, 0.6) is 0 Å². The SMILES string of the molecule is CNC(=O)C1CNCCN1Cc1cc(C#N)ccc1F. The van der Waals surface area contributed by atoms with Crippen LogP contribution < -0.4 is 10.6 Å². The highest BCUT2D eigenvalue weighted by molar-refractivity contribution is 5.81. The van der Waals surface area contributed by atoms with Crippen LogP contribution in [0.15, 0.2) is 18.2 Å². The number of nitrogens with zero attached hydrogens (tertiary/aromatic N) is 2. The first-order chi connectivity index (χ1) is 9.65. The first-order valence-corrected chi connectivity index (χ1v) is 6.50. The Hall–Kier alpha value is -1.97. The fourth-order valence-corrected chi connectivity index (χ4v) is 2.35. The average molecular weight is 276 g/mol. The molecule has 2 N–H and O–H groups in total. The van der Waals surface area contributed by atoms with Gasteiger partial charge in [-0.25, -0.2) is 4.39 Å². The van der Waals surface area contributed by atoms with Crippen molar-refractivity contribution in [2.24, 2.45) is 0 Å². The van der Waals surface area contributed by atoms with Crippen LogP contribution in [-0.4, -0.2) is 43.5 Å². The fraction of sp³-hybridized carbons (Fsp3) is 0.429. The highest BCUT2D eigenvalue weighted by Crippen LogP contribution is 2.15. The molecule has 1 aliphatic heterocycles. The molecule has 1 saturated heterocycles. The number of hydrogen-bond donors (Lipinski definition) is 2. The molecule has 6 heteroatoms. The van der Waals surface area contributed by atoms with Crippen molar-refractivity contribution in [2.45, 2.75) is 12.6 Å². The van der Waals surface area contributed by atoms with E-state index in [1.54, 1.807) is 7.05 Å². The predicted molar refractivity (Wildman–Crippen MR) is 72.2 cm³/mol. The molecule has 106 valence electrons. The molecule has 1 aromatic carbocycles. The molecule has 0 bridgehead atoms. The van der Waals surface area contributed by atoms with Gasteiger partial charge in [-0.05, 0) is 18.2 Å². The van der Waals surface area contributed by atoms with Crippen molar-refractivity contribution in [1.29, 1.82) is 5.26 Å². The topological polar surface area (TPSA) is 68.2 Å². The van der Waals surface area contributed by atoms with Crippen LogP contribution in [0, 0.1) is 17.1 Å². The van der Waals surface area contributed by atoms with Gasteiger partial charge in [0.1, 0.15) is 11.9 Å². The summed E-state index contributed by atoms with van der Waals surface area (Å²) in [7, 11) is 1.59. The number of benzene rings is 1. The minimum Gasteiger partial charge on any atom is -0.358 e. The Labute approximate surface area is 117 Å². The van der Waals surface area contributed by atoms with Gasteiger partial charge in [0.15, 0.2) is 0 Å². The number of nitriles is 1. The maximum Gasteiger partial charge on any atom is 0.238 e. The molecule has 0 aromatic heterocycles. The van der Waals surface area contributed by atoms with E-state index in [0.717, 1.165) is 6.54 Å². The van der Waals surface area contributed by atoms with E-state index in [4.69, 9.17) is 5.26 Å². The van der Waals surface area contributed by atoms with Crippen molar-refractivity contribution in [1.82, 2.24) is 15.5 Å². The molecule has 1 amide bonds. The van der Waals surface area contributed by atoms with E-state index >= 15 is 0 Å². The van der Waals surface area contributed by atoms with Crippen LogP contribution >= 0.6 is 0 Å². The second kappa shape index (κ2) is 6.46. The average Bonchev–Trinajstić information content (AvgIpc) is 2.49. The van der Waals surface area contributed by atoms with E-state index in [0.29, 0.717) is 30.8 Å². The number of likely N-dealkylation sites (N-methyl/N-ethyl adjacent to an activating group) is 1. The van der Waals surface area contributed by atoms with E-state index < -0.39 is 0 Å². The summed E-state index contributed by atoms with van der Waals surface area (Å²) in [5.74, 6) is -0.438. The molecule has 20 heavy (non-hydrogen) atoms. The van der Waals surface area contributed by atoms with Crippen molar-refractivity contribution >= 4 is 5.91 Å². The van der Waals surface area contributed by atoms with Gasteiger partial charge in [-0.1, -0.05) is 0 Å². The summed E-state index contributed by atoms with van der Waals surface area (Å²) in [6, 6.07) is 5.97. The third-order valence-electron chi connectivity index (χ3n) is 3.45. The van der Waals surface area contributed by atoms with E-state index in [1.165, 1.54) is 18.2 Å². The van der Waals surface area contributed by atoms with Gasteiger partial charge < -0.3 is 10.6 Å². The van der Waals surface area contributed by atoms with Crippen molar-refractivity contribution in [3.05, 3.63) is 35.1 Å². The second-order valence-corrected chi connectivity index (χ2v) is 4.72. The Morgan fingerprint density at radius 2 is 2.45 bits per heavy atom. The molecule has 1 unspecified atom stereocenters. The number of carbonyl (C=O) groups excluding carboxylic acids is 1. The third-order valence-corrected chi connectivity index (χ3v) is 3.45. The highest BCUT2D eigenvalue weighted by Gasteiger charge is 2.28. The van der Waals surface area contributed by atoms with E-state index in [-0.39, 0.29) is 17.8 Å². The van der Waals surface area contributed by atoms with Crippen molar-refractivity contribution in [3.63, 3.8) is 0 Å². The summed E-state index contributed by atoms with van der Waals surface area (Å²) in [4.78, 5) is 13.8. The molecule has 1 fully saturated rings. The molecule has 2 rings (SSSR count). The molecular formula is C14H17FN4O. The van der Waals surface area contributed by atoms with Gasteiger partial charge in [-0.15, -0.1) is 0 Å². The molecule has 1 heterocycles. The lowest BCUT2D eigenvalue weighted by Gasteiger charge is -2.34. The standard InChI is InChI=1S/C14H17FN4O/c1-17-14(20)13-8-18-4-5-19(13)9-11-6-10(7-16)2-3-12(11)15/h2-3,6,13,18H,4-5,8-9H2,1H3,(H,17,20). The molecule has 0 saturated carbocycles. The van der Waals surface area contributed by atoms with Crippen LogP contribution in [-0.2, 0) is 11.3 Å². The zero-order valence-corrected chi connectivity index (χ0v) is 11.3. The number of nitrogens with one attached hydrogen (secondary N) is 2.